The van der Waals surface area contributed by atoms with Crippen LogP contribution in [0.15, 0.2) is 24.3 Å². The summed E-state index contributed by atoms with van der Waals surface area (Å²) in [6, 6.07) is 0. The first kappa shape index (κ1) is 11.0. The monoisotopic (exact) mass is 194 g/mol. The van der Waals surface area contributed by atoms with Gasteiger partial charge in [-0.15, -0.1) is 0 Å². The lowest BCUT2D eigenvalue weighted by atomic mass is 10.1. The first-order valence-corrected chi connectivity index (χ1v) is 5.29. The van der Waals surface area contributed by atoms with Gasteiger partial charge in [0.05, 0.1) is 5.92 Å². The largest absolute Gasteiger partial charge is 0.461 e. The van der Waals surface area contributed by atoms with Crippen LogP contribution in [0.1, 0.15) is 32.6 Å². The van der Waals surface area contributed by atoms with Gasteiger partial charge in [-0.1, -0.05) is 31.1 Å². The molecule has 1 aliphatic rings. The van der Waals surface area contributed by atoms with E-state index in [1.807, 2.05) is 31.2 Å². The number of hydrogen-bond donors (Lipinski definition) is 0. The number of esters is 1. The van der Waals surface area contributed by atoms with Crippen molar-refractivity contribution in [2.45, 2.75) is 32.6 Å². The molecule has 0 bridgehead atoms. The second kappa shape index (κ2) is 6.41. The van der Waals surface area contributed by atoms with E-state index in [9.17, 15) is 4.79 Å². The van der Waals surface area contributed by atoms with Gasteiger partial charge in [0.1, 0.15) is 6.61 Å². The maximum Gasteiger partial charge on any atom is 0.309 e. The molecule has 1 aliphatic carbocycles. The quantitative estimate of drug-likeness (QED) is 0.508. The van der Waals surface area contributed by atoms with Crippen molar-refractivity contribution in [2.75, 3.05) is 6.61 Å². The lowest BCUT2D eigenvalue weighted by Gasteiger charge is -2.06. The fourth-order valence-electron chi connectivity index (χ4n) is 1.65. The first-order valence-electron chi connectivity index (χ1n) is 5.29. The Kier molecular flexibility index (Phi) is 5.05. The molecular weight excluding hydrogens is 176 g/mol. The minimum atomic E-state index is -0.0207. The lowest BCUT2D eigenvalue weighted by molar-refractivity contribution is -0.147. The van der Waals surface area contributed by atoms with Gasteiger partial charge in [0.25, 0.3) is 0 Å². The maximum atomic E-state index is 11.4. The van der Waals surface area contributed by atoms with Gasteiger partial charge in [-0.25, -0.2) is 0 Å². The number of allylic oxidation sites excluding steroid dienone is 3. The minimum Gasteiger partial charge on any atom is -0.461 e. The van der Waals surface area contributed by atoms with Crippen LogP contribution in [0.3, 0.4) is 0 Å². The molecule has 0 aromatic heterocycles. The molecule has 0 aromatic carbocycles. The summed E-state index contributed by atoms with van der Waals surface area (Å²) in [7, 11) is 0. The van der Waals surface area contributed by atoms with Gasteiger partial charge in [0.2, 0.25) is 0 Å². The van der Waals surface area contributed by atoms with Gasteiger partial charge in [-0.2, -0.15) is 0 Å². The number of carbonyl (C=O) groups is 1. The molecule has 1 saturated carbocycles. The molecule has 0 aliphatic heterocycles. The van der Waals surface area contributed by atoms with Crippen molar-refractivity contribution in [3.8, 4) is 0 Å². The van der Waals surface area contributed by atoms with E-state index in [1.165, 1.54) is 12.8 Å². The van der Waals surface area contributed by atoms with E-state index in [-0.39, 0.29) is 11.9 Å². The second-order valence-electron chi connectivity index (χ2n) is 3.57. The van der Waals surface area contributed by atoms with E-state index in [1.54, 1.807) is 0 Å². The van der Waals surface area contributed by atoms with Crippen molar-refractivity contribution >= 4 is 5.97 Å². The predicted molar refractivity (Wildman–Crippen MR) is 56.9 cm³/mol. The van der Waals surface area contributed by atoms with Crippen molar-refractivity contribution in [2.24, 2.45) is 5.92 Å². The van der Waals surface area contributed by atoms with E-state index in [0.717, 1.165) is 12.8 Å². The summed E-state index contributed by atoms with van der Waals surface area (Å²) in [4.78, 5) is 11.4. The molecule has 0 atom stereocenters. The van der Waals surface area contributed by atoms with Crippen molar-refractivity contribution in [1.29, 1.82) is 0 Å². The third-order valence-electron chi connectivity index (χ3n) is 2.45. The van der Waals surface area contributed by atoms with E-state index < -0.39 is 0 Å². The molecule has 2 heteroatoms. The number of carbonyl (C=O) groups excluding carboxylic acids is 1. The lowest BCUT2D eigenvalue weighted by Crippen LogP contribution is -2.14. The highest BCUT2D eigenvalue weighted by Crippen LogP contribution is 2.25. The molecule has 0 heterocycles. The summed E-state index contributed by atoms with van der Waals surface area (Å²) in [5.41, 5.74) is 0. The molecule has 0 unspecified atom stereocenters. The molecule has 0 saturated heterocycles. The fraction of sp³-hybridized carbons (Fsp3) is 0.583. The Morgan fingerprint density at radius 1 is 1.36 bits per heavy atom. The van der Waals surface area contributed by atoms with Gasteiger partial charge < -0.3 is 4.74 Å². The van der Waals surface area contributed by atoms with Crippen molar-refractivity contribution < 1.29 is 9.53 Å². The molecule has 14 heavy (non-hydrogen) atoms. The fourth-order valence-corrected chi connectivity index (χ4v) is 1.65. The first-order chi connectivity index (χ1) is 6.84. The molecule has 0 spiro atoms. The third-order valence-corrected chi connectivity index (χ3v) is 2.45. The molecule has 0 radical (unpaired) electrons. The molecule has 1 fully saturated rings. The van der Waals surface area contributed by atoms with Crippen LogP contribution < -0.4 is 0 Å². The van der Waals surface area contributed by atoms with Crippen LogP contribution >= 0.6 is 0 Å². The minimum absolute atomic E-state index is 0.0207. The number of hydrogen-bond acceptors (Lipinski definition) is 2. The van der Waals surface area contributed by atoms with Crippen LogP contribution in [0, 0.1) is 5.92 Å². The summed E-state index contributed by atoms with van der Waals surface area (Å²) in [6.45, 7) is 2.36. The third kappa shape index (κ3) is 3.77. The standard InChI is InChI=1S/C12H18O2/c1-2-3-4-7-10-14-12(13)11-8-5-6-9-11/h2-4,7,11H,5-6,8-10H2,1H3. The molecule has 1 rings (SSSR count). The Bertz CT molecular complexity index is 222. The van der Waals surface area contributed by atoms with Gasteiger partial charge in [0.15, 0.2) is 0 Å². The van der Waals surface area contributed by atoms with Crippen LogP contribution in [0.5, 0.6) is 0 Å². The summed E-state index contributed by atoms with van der Waals surface area (Å²) < 4.78 is 5.11. The summed E-state index contributed by atoms with van der Waals surface area (Å²) >= 11 is 0. The Morgan fingerprint density at radius 2 is 2.07 bits per heavy atom. The molecular formula is C12H18O2. The van der Waals surface area contributed by atoms with E-state index >= 15 is 0 Å². The highest BCUT2D eigenvalue weighted by molar-refractivity contribution is 5.72. The van der Waals surface area contributed by atoms with E-state index in [2.05, 4.69) is 0 Å². The van der Waals surface area contributed by atoms with Gasteiger partial charge in [-0.05, 0) is 25.8 Å². The van der Waals surface area contributed by atoms with E-state index in [4.69, 9.17) is 4.74 Å². The van der Waals surface area contributed by atoms with Crippen LogP contribution in [0.2, 0.25) is 0 Å². The van der Waals surface area contributed by atoms with E-state index in [0.29, 0.717) is 6.61 Å². The molecule has 78 valence electrons. The van der Waals surface area contributed by atoms with Crippen molar-refractivity contribution in [1.82, 2.24) is 0 Å². The van der Waals surface area contributed by atoms with Gasteiger partial charge in [-0.3, -0.25) is 4.79 Å². The zero-order chi connectivity index (χ0) is 10.2. The van der Waals surface area contributed by atoms with Crippen molar-refractivity contribution in [3.63, 3.8) is 0 Å². The van der Waals surface area contributed by atoms with Crippen LogP contribution in [0.4, 0.5) is 0 Å². The van der Waals surface area contributed by atoms with Crippen LogP contribution in [0.25, 0.3) is 0 Å². The Hall–Kier alpha value is -1.05. The number of rotatable bonds is 4. The SMILES string of the molecule is CC=CC=CCOC(=O)C1CCCC1. The number of ether oxygens (including phenoxy) is 1. The van der Waals surface area contributed by atoms with Crippen LogP contribution in [-0.2, 0) is 9.53 Å². The van der Waals surface area contributed by atoms with Gasteiger partial charge >= 0.3 is 5.97 Å². The smallest absolute Gasteiger partial charge is 0.309 e. The summed E-state index contributed by atoms with van der Waals surface area (Å²) in [6.07, 6.45) is 12.0. The molecule has 0 amide bonds. The second-order valence-corrected chi connectivity index (χ2v) is 3.57. The van der Waals surface area contributed by atoms with Gasteiger partial charge in [0, 0.05) is 0 Å². The highest BCUT2D eigenvalue weighted by atomic mass is 16.5. The summed E-state index contributed by atoms with van der Waals surface area (Å²) in [5, 5.41) is 0. The summed E-state index contributed by atoms with van der Waals surface area (Å²) in [5.74, 6) is 0.151. The average molecular weight is 194 g/mol. The van der Waals surface area contributed by atoms with Crippen LogP contribution in [-0.4, -0.2) is 12.6 Å². The molecule has 2 nitrogen and oxygen atoms in total. The van der Waals surface area contributed by atoms with Crippen molar-refractivity contribution in [3.05, 3.63) is 24.3 Å². The molecule has 0 N–H and O–H groups in total. The average Bonchev–Trinajstić information content (AvgIpc) is 2.70. The molecule has 0 aromatic rings. The Morgan fingerprint density at radius 3 is 2.71 bits per heavy atom. The normalized spacial score (nSPS) is 18.4. The zero-order valence-corrected chi connectivity index (χ0v) is 8.74. The highest BCUT2D eigenvalue weighted by Gasteiger charge is 2.23. The Labute approximate surface area is 85.6 Å². The Balaban J connectivity index is 2.14. The predicted octanol–water partition coefficient (Wildman–Crippen LogP) is 2.85. The maximum absolute atomic E-state index is 11.4. The zero-order valence-electron chi connectivity index (χ0n) is 8.74. The topological polar surface area (TPSA) is 26.3 Å².